The predicted octanol–water partition coefficient (Wildman–Crippen LogP) is 2.35. The van der Waals surface area contributed by atoms with E-state index in [9.17, 15) is 9.59 Å². The average Bonchev–Trinajstić information content (AvgIpc) is 3.60. The van der Waals surface area contributed by atoms with Crippen LogP contribution in [0.2, 0.25) is 0 Å². The second-order valence-corrected chi connectivity index (χ2v) is 8.84. The third-order valence-electron chi connectivity index (χ3n) is 6.94. The number of fused-ring (bicyclic) bond motifs is 2. The molecule has 9 heteroatoms. The highest BCUT2D eigenvalue weighted by Gasteiger charge is 2.66. The second kappa shape index (κ2) is 7.66. The summed E-state index contributed by atoms with van der Waals surface area (Å²) < 4.78 is 27.6. The van der Waals surface area contributed by atoms with Crippen LogP contribution in [0.3, 0.4) is 0 Å². The van der Waals surface area contributed by atoms with E-state index in [1.54, 1.807) is 30.2 Å². The van der Waals surface area contributed by atoms with E-state index in [4.69, 9.17) is 23.7 Å². The maximum atomic E-state index is 13.5. The first kappa shape index (κ1) is 20.9. The minimum Gasteiger partial charge on any atom is -0.493 e. The lowest BCUT2D eigenvalue weighted by Gasteiger charge is -2.23. The van der Waals surface area contributed by atoms with E-state index in [0.29, 0.717) is 41.8 Å². The summed E-state index contributed by atoms with van der Waals surface area (Å²) in [5, 5.41) is 2.93. The maximum Gasteiger partial charge on any atom is 0.231 e. The van der Waals surface area contributed by atoms with Crippen molar-refractivity contribution in [3.05, 3.63) is 54.1 Å². The Balaban J connectivity index is 1.21. The van der Waals surface area contributed by atoms with Crippen LogP contribution in [0, 0.1) is 11.8 Å². The van der Waals surface area contributed by atoms with Gasteiger partial charge in [0.25, 0.3) is 0 Å². The number of methoxy groups -OCH3 is 2. The summed E-state index contributed by atoms with van der Waals surface area (Å²) in [5.74, 6) is 0.909. The maximum absolute atomic E-state index is 13.5. The van der Waals surface area contributed by atoms with E-state index >= 15 is 0 Å². The van der Waals surface area contributed by atoms with Gasteiger partial charge in [-0.25, -0.2) is 0 Å². The van der Waals surface area contributed by atoms with Gasteiger partial charge in [-0.3, -0.25) is 9.59 Å². The van der Waals surface area contributed by atoms with Crippen molar-refractivity contribution in [1.29, 1.82) is 0 Å². The van der Waals surface area contributed by atoms with E-state index in [-0.39, 0.29) is 18.6 Å². The molecular formula is C25H24N2O7. The second-order valence-electron chi connectivity index (χ2n) is 8.84. The van der Waals surface area contributed by atoms with E-state index < -0.39 is 23.5 Å². The van der Waals surface area contributed by atoms with Gasteiger partial charge in [-0.2, -0.15) is 0 Å². The quantitative estimate of drug-likeness (QED) is 0.656. The van der Waals surface area contributed by atoms with Gasteiger partial charge in [-0.1, -0.05) is 18.2 Å². The van der Waals surface area contributed by atoms with Gasteiger partial charge in [0, 0.05) is 18.3 Å². The topological polar surface area (TPSA) is 95.6 Å². The van der Waals surface area contributed by atoms with Crippen molar-refractivity contribution < 1.29 is 33.3 Å². The Morgan fingerprint density at radius 1 is 1.12 bits per heavy atom. The number of anilines is 1. The highest BCUT2D eigenvalue weighted by molar-refractivity contribution is 5.99. The van der Waals surface area contributed by atoms with Gasteiger partial charge in [0.15, 0.2) is 23.0 Å². The largest absolute Gasteiger partial charge is 0.493 e. The first-order valence-electron chi connectivity index (χ1n) is 11.1. The van der Waals surface area contributed by atoms with Crippen LogP contribution in [-0.2, 0) is 20.9 Å². The van der Waals surface area contributed by atoms with Crippen molar-refractivity contribution >= 4 is 17.5 Å². The monoisotopic (exact) mass is 464 g/mol. The molecule has 0 aliphatic carbocycles. The summed E-state index contributed by atoms with van der Waals surface area (Å²) in [6.45, 7) is 1.00. The number of carbonyl (C=O) groups excluding carboxylic acids is 2. The van der Waals surface area contributed by atoms with Crippen molar-refractivity contribution in [2.24, 2.45) is 11.8 Å². The van der Waals surface area contributed by atoms with E-state index in [1.165, 1.54) is 7.11 Å². The summed E-state index contributed by atoms with van der Waals surface area (Å²) >= 11 is 0. The van der Waals surface area contributed by atoms with E-state index in [1.807, 2.05) is 30.4 Å². The van der Waals surface area contributed by atoms with Gasteiger partial charge < -0.3 is 33.9 Å². The molecule has 2 fully saturated rings. The molecule has 0 radical (unpaired) electrons. The number of nitrogens with one attached hydrogen (secondary N) is 1. The molecule has 4 heterocycles. The zero-order valence-electron chi connectivity index (χ0n) is 18.8. The van der Waals surface area contributed by atoms with Crippen LogP contribution in [0.5, 0.6) is 23.0 Å². The third-order valence-corrected chi connectivity index (χ3v) is 6.94. The molecule has 3 unspecified atom stereocenters. The van der Waals surface area contributed by atoms with Gasteiger partial charge in [-0.05, 0) is 29.8 Å². The number of hydrogen-bond acceptors (Lipinski definition) is 7. The number of hydrogen-bond donors (Lipinski definition) is 1. The summed E-state index contributed by atoms with van der Waals surface area (Å²) in [6.07, 6.45) is 3.41. The molecule has 0 saturated carbocycles. The summed E-state index contributed by atoms with van der Waals surface area (Å²) in [5.41, 5.74) is 0.711. The first-order valence-corrected chi connectivity index (χ1v) is 11.1. The molecule has 2 saturated heterocycles. The zero-order valence-corrected chi connectivity index (χ0v) is 18.8. The van der Waals surface area contributed by atoms with Gasteiger partial charge in [0.1, 0.15) is 5.60 Å². The Kier molecular flexibility index (Phi) is 4.70. The van der Waals surface area contributed by atoms with Crippen LogP contribution >= 0.6 is 0 Å². The van der Waals surface area contributed by atoms with Crippen molar-refractivity contribution in [3.63, 3.8) is 0 Å². The normalized spacial score (nSPS) is 27.8. The molecule has 34 heavy (non-hydrogen) atoms. The van der Waals surface area contributed by atoms with Gasteiger partial charge in [-0.15, -0.1) is 0 Å². The molecule has 4 aliphatic rings. The molecule has 4 aliphatic heterocycles. The van der Waals surface area contributed by atoms with Gasteiger partial charge in [0.05, 0.1) is 38.7 Å². The Morgan fingerprint density at radius 3 is 2.76 bits per heavy atom. The van der Waals surface area contributed by atoms with Gasteiger partial charge >= 0.3 is 0 Å². The number of rotatable bonds is 6. The predicted molar refractivity (Wildman–Crippen MR) is 120 cm³/mol. The Bertz CT molecular complexity index is 1210. The number of benzene rings is 2. The highest BCUT2D eigenvalue weighted by Crippen LogP contribution is 2.52. The van der Waals surface area contributed by atoms with Crippen molar-refractivity contribution in [2.75, 3.05) is 32.9 Å². The Hall–Kier alpha value is -3.72. The van der Waals surface area contributed by atoms with Crippen LogP contribution in [-0.4, -0.2) is 56.0 Å². The molecular weight excluding hydrogens is 440 g/mol. The molecule has 1 spiro atoms. The SMILES string of the molecule is COc1ccc(NC(=O)C2C3C(=O)N(Cc4ccc5c(c4)OCO5)CC34C=C[C@H]2O4)cc1OC. The lowest BCUT2D eigenvalue weighted by molar-refractivity contribution is -0.136. The number of ether oxygens (including phenoxy) is 5. The first-order chi connectivity index (χ1) is 16.5. The molecule has 176 valence electrons. The smallest absolute Gasteiger partial charge is 0.231 e. The fraction of sp³-hybridized carbons (Fsp3) is 0.360. The fourth-order valence-electron chi connectivity index (χ4n) is 5.41. The lowest BCUT2D eigenvalue weighted by atomic mass is 9.77. The minimum absolute atomic E-state index is 0.0861. The Labute approximate surface area is 196 Å². The van der Waals surface area contributed by atoms with E-state index in [0.717, 1.165) is 5.56 Å². The molecule has 2 bridgehead atoms. The van der Waals surface area contributed by atoms with Crippen LogP contribution in [0.25, 0.3) is 0 Å². The molecule has 2 aromatic carbocycles. The molecule has 0 aromatic heterocycles. The highest BCUT2D eigenvalue weighted by atomic mass is 16.7. The number of likely N-dealkylation sites (tertiary alicyclic amines) is 1. The lowest BCUT2D eigenvalue weighted by Crippen LogP contribution is -2.41. The molecule has 6 rings (SSSR count). The summed E-state index contributed by atoms with van der Waals surface area (Å²) in [4.78, 5) is 28.6. The van der Waals surface area contributed by atoms with Crippen LogP contribution in [0.4, 0.5) is 5.69 Å². The van der Waals surface area contributed by atoms with Crippen LogP contribution in [0.15, 0.2) is 48.6 Å². The number of amides is 2. The molecule has 9 nitrogen and oxygen atoms in total. The van der Waals surface area contributed by atoms with Crippen molar-refractivity contribution in [3.8, 4) is 23.0 Å². The molecule has 4 atom stereocenters. The molecule has 2 amide bonds. The fourth-order valence-corrected chi connectivity index (χ4v) is 5.41. The van der Waals surface area contributed by atoms with E-state index in [2.05, 4.69) is 5.32 Å². The zero-order chi connectivity index (χ0) is 23.4. The van der Waals surface area contributed by atoms with Gasteiger partial charge in [0.2, 0.25) is 18.6 Å². The molecule has 2 aromatic rings. The third kappa shape index (κ3) is 3.11. The Morgan fingerprint density at radius 2 is 1.94 bits per heavy atom. The average molecular weight is 464 g/mol. The van der Waals surface area contributed by atoms with Crippen LogP contribution < -0.4 is 24.3 Å². The van der Waals surface area contributed by atoms with Crippen molar-refractivity contribution in [2.45, 2.75) is 18.2 Å². The minimum atomic E-state index is -0.780. The summed E-state index contributed by atoms with van der Waals surface area (Å²) in [7, 11) is 3.09. The standard InChI is InChI=1S/C25H24N2O7/c1-30-16-6-4-15(10-19(16)31-2)26-23(28)21-18-7-8-25(34-18)12-27(24(29)22(21)25)11-14-3-5-17-20(9-14)33-13-32-17/h3-10,18,21-22H,11-13H2,1-2H3,(H,26,28)/t18-,21?,22?,25?/m1/s1. The van der Waals surface area contributed by atoms with Crippen LogP contribution in [0.1, 0.15) is 5.56 Å². The summed E-state index contributed by atoms with van der Waals surface area (Å²) in [6, 6.07) is 10.8. The number of carbonyl (C=O) groups is 2. The van der Waals surface area contributed by atoms with Crippen molar-refractivity contribution in [1.82, 2.24) is 4.90 Å². The number of nitrogens with zero attached hydrogens (tertiary/aromatic N) is 1. The molecule has 1 N–H and O–H groups in total.